The van der Waals surface area contributed by atoms with E-state index < -0.39 is 0 Å². The third-order valence-corrected chi connectivity index (χ3v) is 6.77. The SMILES string of the molecule is Cc1nc(CN2CCC(CCc3noc4cc5c(cc34)CC(=O)N5)CC2)cs1. The number of hydrogen-bond donors (Lipinski definition) is 1. The monoisotopic (exact) mass is 396 g/mol. The topological polar surface area (TPSA) is 71.3 Å². The minimum absolute atomic E-state index is 0.0525. The van der Waals surface area contributed by atoms with Gasteiger partial charge in [-0.2, -0.15) is 0 Å². The molecule has 2 aliphatic rings. The summed E-state index contributed by atoms with van der Waals surface area (Å²) < 4.78 is 5.52. The van der Waals surface area contributed by atoms with Gasteiger partial charge in [0.25, 0.3) is 0 Å². The molecule has 3 aromatic rings. The number of hydrogen-bond acceptors (Lipinski definition) is 6. The number of anilines is 1. The molecule has 0 atom stereocenters. The first-order valence-corrected chi connectivity index (χ1v) is 10.9. The second kappa shape index (κ2) is 7.29. The summed E-state index contributed by atoms with van der Waals surface area (Å²) in [6.45, 7) is 5.32. The highest BCUT2D eigenvalue weighted by molar-refractivity contribution is 7.09. The third kappa shape index (κ3) is 3.56. The number of benzene rings is 1. The molecule has 0 radical (unpaired) electrons. The van der Waals surface area contributed by atoms with E-state index >= 15 is 0 Å². The zero-order valence-electron chi connectivity index (χ0n) is 16.0. The average molecular weight is 397 g/mol. The molecule has 2 aliphatic heterocycles. The summed E-state index contributed by atoms with van der Waals surface area (Å²) in [6.07, 6.45) is 4.98. The summed E-state index contributed by atoms with van der Waals surface area (Å²) in [5.41, 5.74) is 4.91. The quantitative estimate of drug-likeness (QED) is 0.707. The third-order valence-electron chi connectivity index (χ3n) is 5.94. The first-order chi connectivity index (χ1) is 13.6. The summed E-state index contributed by atoms with van der Waals surface area (Å²) in [7, 11) is 0. The summed E-state index contributed by atoms with van der Waals surface area (Å²) >= 11 is 1.73. The van der Waals surface area contributed by atoms with Crippen molar-refractivity contribution in [2.75, 3.05) is 18.4 Å². The number of aromatic nitrogens is 2. The first-order valence-electron chi connectivity index (χ1n) is 9.98. The number of carbonyl (C=O) groups is 1. The van der Waals surface area contributed by atoms with Crippen LogP contribution in [0.5, 0.6) is 0 Å². The van der Waals surface area contributed by atoms with Crippen LogP contribution in [0.15, 0.2) is 22.0 Å². The lowest BCUT2D eigenvalue weighted by Crippen LogP contribution is -2.33. The Kier molecular flexibility index (Phi) is 4.64. The molecule has 7 heteroatoms. The summed E-state index contributed by atoms with van der Waals surface area (Å²) in [6, 6.07) is 3.98. The molecule has 1 amide bonds. The van der Waals surface area contributed by atoms with Gasteiger partial charge in [-0.3, -0.25) is 9.69 Å². The highest BCUT2D eigenvalue weighted by atomic mass is 32.1. The van der Waals surface area contributed by atoms with E-state index in [4.69, 9.17) is 4.52 Å². The number of piperidine rings is 1. The number of rotatable bonds is 5. The summed E-state index contributed by atoms with van der Waals surface area (Å²) in [5.74, 6) is 0.787. The van der Waals surface area contributed by atoms with Crippen molar-refractivity contribution in [3.8, 4) is 0 Å². The van der Waals surface area contributed by atoms with Crippen molar-refractivity contribution >= 4 is 33.9 Å². The van der Waals surface area contributed by atoms with E-state index in [2.05, 4.69) is 38.7 Å². The van der Waals surface area contributed by atoms with Gasteiger partial charge >= 0.3 is 0 Å². The molecule has 0 unspecified atom stereocenters. The van der Waals surface area contributed by atoms with Gasteiger partial charge in [-0.05, 0) is 63.2 Å². The largest absolute Gasteiger partial charge is 0.356 e. The Bertz CT molecular complexity index is 1020. The number of nitrogens with zero attached hydrogens (tertiary/aromatic N) is 3. The van der Waals surface area contributed by atoms with Crippen LogP contribution in [0.4, 0.5) is 5.69 Å². The second-order valence-corrected chi connectivity index (χ2v) is 9.04. The lowest BCUT2D eigenvalue weighted by molar-refractivity contribution is -0.115. The van der Waals surface area contributed by atoms with Crippen LogP contribution in [0.3, 0.4) is 0 Å². The van der Waals surface area contributed by atoms with E-state index in [1.165, 1.54) is 18.5 Å². The van der Waals surface area contributed by atoms with Gasteiger partial charge in [0.15, 0.2) is 5.58 Å². The fourth-order valence-electron chi connectivity index (χ4n) is 4.37. The Balaban J connectivity index is 1.17. The van der Waals surface area contributed by atoms with Crippen molar-refractivity contribution in [1.29, 1.82) is 0 Å². The van der Waals surface area contributed by atoms with Crippen LogP contribution in [0, 0.1) is 12.8 Å². The maximum Gasteiger partial charge on any atom is 0.228 e. The van der Waals surface area contributed by atoms with Crippen molar-refractivity contribution in [2.45, 2.75) is 45.6 Å². The molecule has 0 saturated carbocycles. The molecule has 4 heterocycles. The van der Waals surface area contributed by atoms with Gasteiger partial charge in [-0.25, -0.2) is 4.98 Å². The van der Waals surface area contributed by atoms with Crippen LogP contribution in [0.25, 0.3) is 11.0 Å². The van der Waals surface area contributed by atoms with E-state index in [1.54, 1.807) is 11.3 Å². The van der Waals surface area contributed by atoms with Gasteiger partial charge < -0.3 is 9.84 Å². The van der Waals surface area contributed by atoms with Crippen molar-refractivity contribution in [1.82, 2.24) is 15.0 Å². The van der Waals surface area contributed by atoms with E-state index in [1.807, 2.05) is 6.07 Å². The molecule has 0 bridgehead atoms. The van der Waals surface area contributed by atoms with Gasteiger partial charge in [0.1, 0.15) is 0 Å². The minimum Gasteiger partial charge on any atom is -0.356 e. The van der Waals surface area contributed by atoms with Gasteiger partial charge in [0, 0.05) is 29.1 Å². The number of amides is 1. The fraction of sp³-hybridized carbons (Fsp3) is 0.476. The van der Waals surface area contributed by atoms with Crippen LogP contribution in [0.1, 0.15) is 41.2 Å². The number of nitrogens with one attached hydrogen (secondary N) is 1. The molecular formula is C21H24N4O2S. The molecule has 1 aromatic carbocycles. The Morgan fingerprint density at radius 2 is 2.18 bits per heavy atom. The number of fused-ring (bicyclic) bond motifs is 2. The van der Waals surface area contributed by atoms with Crippen LogP contribution in [-0.4, -0.2) is 34.0 Å². The maximum absolute atomic E-state index is 11.6. The normalized spacial score (nSPS) is 18.0. The van der Waals surface area contributed by atoms with Crippen LogP contribution in [0.2, 0.25) is 0 Å². The molecule has 6 nitrogen and oxygen atoms in total. The highest BCUT2D eigenvalue weighted by Gasteiger charge is 2.23. The van der Waals surface area contributed by atoms with Crippen molar-refractivity contribution in [3.63, 3.8) is 0 Å². The second-order valence-electron chi connectivity index (χ2n) is 7.98. The molecule has 1 saturated heterocycles. The van der Waals surface area contributed by atoms with Crippen molar-refractivity contribution < 1.29 is 9.32 Å². The van der Waals surface area contributed by atoms with E-state index in [0.717, 1.165) is 71.3 Å². The molecular weight excluding hydrogens is 372 g/mol. The molecule has 2 aromatic heterocycles. The van der Waals surface area contributed by atoms with Gasteiger partial charge in [0.2, 0.25) is 5.91 Å². The minimum atomic E-state index is 0.0525. The van der Waals surface area contributed by atoms with Crippen molar-refractivity contribution in [2.24, 2.45) is 5.92 Å². The number of aryl methyl sites for hydroxylation is 2. The van der Waals surface area contributed by atoms with Gasteiger partial charge in [-0.15, -0.1) is 11.3 Å². The van der Waals surface area contributed by atoms with Gasteiger partial charge in [0.05, 0.1) is 22.8 Å². The molecule has 1 fully saturated rings. The van der Waals surface area contributed by atoms with Crippen LogP contribution < -0.4 is 5.32 Å². The zero-order valence-corrected chi connectivity index (χ0v) is 16.8. The van der Waals surface area contributed by atoms with Crippen LogP contribution >= 0.6 is 11.3 Å². The number of thiazole rings is 1. The smallest absolute Gasteiger partial charge is 0.228 e. The van der Waals surface area contributed by atoms with E-state index in [9.17, 15) is 4.79 Å². The zero-order chi connectivity index (χ0) is 19.1. The maximum atomic E-state index is 11.6. The Hall–Kier alpha value is -2.25. The first kappa shape index (κ1) is 17.8. The van der Waals surface area contributed by atoms with E-state index in [-0.39, 0.29) is 5.91 Å². The van der Waals surface area contributed by atoms with Gasteiger partial charge in [-0.1, -0.05) is 5.16 Å². The molecule has 28 heavy (non-hydrogen) atoms. The Morgan fingerprint density at radius 1 is 1.32 bits per heavy atom. The standard InChI is InChI=1S/C21H24N4O2S/c1-13-22-16(12-28-13)11-25-6-4-14(5-7-25)2-3-18-17-8-15-9-21(26)23-19(15)10-20(17)27-24-18/h8,10,12,14H,2-7,9,11H2,1H3,(H,23,26). The number of likely N-dealkylation sites (tertiary alicyclic amines) is 1. The predicted molar refractivity (Wildman–Crippen MR) is 110 cm³/mol. The Morgan fingerprint density at radius 3 is 2.96 bits per heavy atom. The number of carbonyl (C=O) groups excluding carboxylic acids is 1. The molecule has 0 aliphatic carbocycles. The summed E-state index contributed by atoms with van der Waals surface area (Å²) in [5, 5.41) is 11.6. The average Bonchev–Trinajstić information content (AvgIpc) is 3.37. The molecule has 0 spiro atoms. The lowest BCUT2D eigenvalue weighted by Gasteiger charge is -2.31. The molecule has 1 N–H and O–H groups in total. The Labute approximate surface area is 167 Å². The molecule has 5 rings (SSSR count). The fourth-order valence-corrected chi connectivity index (χ4v) is 4.98. The molecule has 146 valence electrons. The van der Waals surface area contributed by atoms with E-state index in [0.29, 0.717) is 6.42 Å². The van der Waals surface area contributed by atoms with Crippen molar-refractivity contribution in [3.05, 3.63) is 39.5 Å². The summed E-state index contributed by atoms with van der Waals surface area (Å²) in [4.78, 5) is 18.7. The predicted octanol–water partition coefficient (Wildman–Crippen LogP) is 3.93. The lowest BCUT2D eigenvalue weighted by atomic mass is 9.91. The highest BCUT2D eigenvalue weighted by Crippen LogP contribution is 2.32. The van der Waals surface area contributed by atoms with Crippen LogP contribution in [-0.2, 0) is 24.2 Å².